The first-order valence-electron chi connectivity index (χ1n) is 5.81. The van der Waals surface area contributed by atoms with Crippen molar-refractivity contribution < 1.29 is 9.00 Å². The molecule has 0 aromatic rings. The Labute approximate surface area is 100 Å². The lowest BCUT2D eigenvalue weighted by Crippen LogP contribution is -2.41. The molecule has 4 nitrogen and oxygen atoms in total. The molecule has 1 amide bonds. The van der Waals surface area contributed by atoms with Gasteiger partial charge in [0.25, 0.3) is 0 Å². The average Bonchev–Trinajstić information content (AvgIpc) is 2.58. The number of nitrogens with zero attached hydrogens (tertiary/aromatic N) is 1. The number of nitrogens with one attached hydrogen (secondary N) is 1. The number of rotatable bonds is 5. The fraction of sp³-hybridized carbons (Fsp3) is 0.909. The molecule has 5 heteroatoms. The molecule has 4 unspecified atom stereocenters. The van der Waals surface area contributed by atoms with Crippen LogP contribution in [-0.2, 0) is 15.6 Å². The van der Waals surface area contributed by atoms with E-state index in [1.54, 1.807) is 11.2 Å². The van der Waals surface area contributed by atoms with E-state index >= 15 is 0 Å². The van der Waals surface area contributed by atoms with Crippen molar-refractivity contribution in [2.24, 2.45) is 5.92 Å². The van der Waals surface area contributed by atoms with Crippen LogP contribution in [0.4, 0.5) is 0 Å². The Balaban J connectivity index is 2.59. The van der Waals surface area contributed by atoms with Crippen LogP contribution in [0.1, 0.15) is 27.2 Å². The molecular formula is C11H22N2O2S. The highest BCUT2D eigenvalue weighted by Gasteiger charge is 2.36. The summed E-state index contributed by atoms with van der Waals surface area (Å²) in [6.45, 7) is 6.72. The molecule has 0 radical (unpaired) electrons. The normalized spacial score (nSPS) is 26.9. The first-order valence-corrected chi connectivity index (χ1v) is 7.54. The predicted octanol–water partition coefficient (Wildman–Crippen LogP) is 0.557. The molecule has 94 valence electrons. The Bertz CT molecular complexity index is 283. The maximum absolute atomic E-state index is 12.1. The van der Waals surface area contributed by atoms with Crippen molar-refractivity contribution in [3.05, 3.63) is 0 Å². The summed E-state index contributed by atoms with van der Waals surface area (Å²) in [4.78, 5) is 13.9. The molecule has 1 fully saturated rings. The lowest BCUT2D eigenvalue weighted by Gasteiger charge is -2.23. The summed E-state index contributed by atoms with van der Waals surface area (Å²) in [6.07, 6.45) is 2.67. The zero-order valence-electron chi connectivity index (χ0n) is 10.5. The summed E-state index contributed by atoms with van der Waals surface area (Å²) in [6, 6.07) is -0.00219. The largest absolute Gasteiger partial charge is 0.325 e. The minimum absolute atomic E-state index is 0.0555. The number of amides is 1. The van der Waals surface area contributed by atoms with Crippen LogP contribution in [-0.4, -0.2) is 45.8 Å². The number of hydrogen-bond donors (Lipinski definition) is 1. The Morgan fingerprint density at radius 3 is 2.69 bits per heavy atom. The zero-order valence-corrected chi connectivity index (χ0v) is 11.3. The molecule has 0 bridgehead atoms. The predicted molar refractivity (Wildman–Crippen MR) is 66.5 cm³/mol. The van der Waals surface area contributed by atoms with Crippen molar-refractivity contribution in [1.29, 1.82) is 0 Å². The first kappa shape index (κ1) is 13.6. The standard InChI is InChI=1S/C11H22N2O2S/c1-5-8(2)10-11(14)13(7-12-10)9(3)6-16(4)15/h8-10,12H,5-7H2,1-4H3. The van der Waals surface area contributed by atoms with Crippen molar-refractivity contribution in [1.82, 2.24) is 10.2 Å². The molecule has 1 heterocycles. The highest BCUT2D eigenvalue weighted by atomic mass is 32.2. The third kappa shape index (κ3) is 3.04. The summed E-state index contributed by atoms with van der Waals surface area (Å²) in [5.74, 6) is 1.07. The molecule has 1 saturated heterocycles. The topological polar surface area (TPSA) is 49.4 Å². The molecule has 0 aliphatic carbocycles. The van der Waals surface area contributed by atoms with Gasteiger partial charge in [0.15, 0.2) is 0 Å². The van der Waals surface area contributed by atoms with E-state index in [4.69, 9.17) is 0 Å². The van der Waals surface area contributed by atoms with E-state index in [0.29, 0.717) is 18.3 Å². The van der Waals surface area contributed by atoms with Gasteiger partial charge in [-0.15, -0.1) is 0 Å². The number of hydrogen-bond acceptors (Lipinski definition) is 3. The minimum Gasteiger partial charge on any atom is -0.325 e. The van der Waals surface area contributed by atoms with Gasteiger partial charge in [0.05, 0.1) is 12.7 Å². The van der Waals surface area contributed by atoms with E-state index in [2.05, 4.69) is 19.2 Å². The molecule has 1 N–H and O–H groups in total. The number of carbonyl (C=O) groups is 1. The maximum Gasteiger partial charge on any atom is 0.241 e. The Hall–Kier alpha value is -0.420. The van der Waals surface area contributed by atoms with Crippen LogP contribution in [0.25, 0.3) is 0 Å². The van der Waals surface area contributed by atoms with Gasteiger partial charge in [-0.05, 0) is 12.8 Å². The summed E-state index contributed by atoms with van der Waals surface area (Å²) in [7, 11) is -0.852. The van der Waals surface area contributed by atoms with E-state index in [-0.39, 0.29) is 18.0 Å². The second kappa shape index (κ2) is 5.77. The lowest BCUT2D eigenvalue weighted by molar-refractivity contribution is -0.131. The fourth-order valence-corrected chi connectivity index (χ4v) is 2.88. The van der Waals surface area contributed by atoms with Crippen LogP contribution < -0.4 is 5.32 Å². The van der Waals surface area contributed by atoms with Gasteiger partial charge in [-0.2, -0.15) is 0 Å². The van der Waals surface area contributed by atoms with Crippen molar-refractivity contribution in [2.75, 3.05) is 18.7 Å². The van der Waals surface area contributed by atoms with Crippen molar-refractivity contribution in [3.63, 3.8) is 0 Å². The number of carbonyl (C=O) groups excluding carboxylic acids is 1. The average molecular weight is 246 g/mol. The molecule has 0 aromatic carbocycles. The Kier molecular flexibility index (Phi) is 4.92. The highest BCUT2D eigenvalue weighted by molar-refractivity contribution is 7.84. The molecule has 0 spiro atoms. The zero-order chi connectivity index (χ0) is 12.3. The lowest BCUT2D eigenvalue weighted by atomic mass is 9.99. The molecule has 16 heavy (non-hydrogen) atoms. The monoisotopic (exact) mass is 246 g/mol. The van der Waals surface area contributed by atoms with Gasteiger partial charge < -0.3 is 4.90 Å². The van der Waals surface area contributed by atoms with E-state index < -0.39 is 10.8 Å². The highest BCUT2D eigenvalue weighted by Crippen LogP contribution is 2.17. The third-order valence-corrected chi connectivity index (χ3v) is 4.20. The van der Waals surface area contributed by atoms with E-state index in [1.807, 2.05) is 6.92 Å². The van der Waals surface area contributed by atoms with Gasteiger partial charge in [-0.1, -0.05) is 20.3 Å². The SMILES string of the molecule is CCC(C)C1NCN(C(C)CS(C)=O)C1=O. The van der Waals surface area contributed by atoms with Crippen LogP contribution >= 0.6 is 0 Å². The van der Waals surface area contributed by atoms with Gasteiger partial charge in [-0.25, -0.2) is 0 Å². The van der Waals surface area contributed by atoms with E-state index in [9.17, 15) is 9.00 Å². The van der Waals surface area contributed by atoms with Crippen LogP contribution in [0.5, 0.6) is 0 Å². The van der Waals surface area contributed by atoms with Gasteiger partial charge in [0.1, 0.15) is 0 Å². The van der Waals surface area contributed by atoms with Crippen LogP contribution in [0.2, 0.25) is 0 Å². The van der Waals surface area contributed by atoms with Crippen LogP contribution in [0, 0.1) is 5.92 Å². The van der Waals surface area contributed by atoms with Gasteiger partial charge >= 0.3 is 0 Å². The van der Waals surface area contributed by atoms with Crippen LogP contribution in [0.3, 0.4) is 0 Å². The van der Waals surface area contributed by atoms with E-state index in [0.717, 1.165) is 6.42 Å². The summed E-state index contributed by atoms with van der Waals surface area (Å²) < 4.78 is 11.1. The fourth-order valence-electron chi connectivity index (χ4n) is 2.02. The molecule has 0 saturated carbocycles. The van der Waals surface area contributed by atoms with Crippen molar-refractivity contribution in [2.45, 2.75) is 39.3 Å². The maximum atomic E-state index is 12.1. The summed E-state index contributed by atoms with van der Waals surface area (Å²) in [5.41, 5.74) is 0. The van der Waals surface area contributed by atoms with Crippen molar-refractivity contribution >= 4 is 16.7 Å². The molecule has 1 aliphatic heterocycles. The van der Waals surface area contributed by atoms with Crippen molar-refractivity contribution in [3.8, 4) is 0 Å². The smallest absolute Gasteiger partial charge is 0.241 e. The summed E-state index contributed by atoms with van der Waals surface area (Å²) in [5, 5.41) is 3.24. The van der Waals surface area contributed by atoms with E-state index in [1.165, 1.54) is 0 Å². The van der Waals surface area contributed by atoms with Gasteiger partial charge in [0.2, 0.25) is 5.91 Å². The van der Waals surface area contributed by atoms with Gasteiger partial charge in [-0.3, -0.25) is 14.3 Å². The molecule has 0 aromatic heterocycles. The summed E-state index contributed by atoms with van der Waals surface area (Å²) >= 11 is 0. The van der Waals surface area contributed by atoms with Crippen LogP contribution in [0.15, 0.2) is 0 Å². The Morgan fingerprint density at radius 2 is 2.19 bits per heavy atom. The second-order valence-corrected chi connectivity index (χ2v) is 6.10. The Morgan fingerprint density at radius 1 is 1.56 bits per heavy atom. The first-order chi connectivity index (χ1) is 7.47. The molecular weight excluding hydrogens is 224 g/mol. The molecule has 1 rings (SSSR count). The minimum atomic E-state index is -0.852. The third-order valence-electron chi connectivity index (χ3n) is 3.25. The quantitative estimate of drug-likeness (QED) is 0.771. The van der Waals surface area contributed by atoms with Gasteiger partial charge in [0, 0.05) is 28.9 Å². The second-order valence-electron chi connectivity index (χ2n) is 4.62. The molecule has 4 atom stereocenters. The molecule has 1 aliphatic rings.